The number of hydrogen-bond acceptors (Lipinski definition) is 5. The van der Waals surface area contributed by atoms with E-state index in [4.69, 9.17) is 9.47 Å². The van der Waals surface area contributed by atoms with E-state index < -0.39 is 29.1 Å². The molecule has 0 bridgehead atoms. The van der Waals surface area contributed by atoms with Crippen LogP contribution in [0, 0.1) is 6.92 Å². The minimum atomic E-state index is -4.60. The molecular weight excluding hydrogens is 579 g/mol. The number of nitrogens with zero attached hydrogens (tertiary/aromatic N) is 1. The molecule has 0 fully saturated rings. The van der Waals surface area contributed by atoms with Crippen molar-refractivity contribution < 1.29 is 32.2 Å². The molecule has 45 heavy (non-hydrogen) atoms. The maximum absolute atomic E-state index is 14.0. The molecule has 0 aromatic heterocycles. The second-order valence-electron chi connectivity index (χ2n) is 11.7. The molecule has 0 atom stereocenters. The largest absolute Gasteiger partial charge is 0.423 e. The van der Waals surface area contributed by atoms with Gasteiger partial charge in [-0.2, -0.15) is 13.2 Å². The van der Waals surface area contributed by atoms with E-state index in [9.17, 15) is 22.8 Å². The number of benzene rings is 4. The summed E-state index contributed by atoms with van der Waals surface area (Å²) >= 11 is 0. The van der Waals surface area contributed by atoms with Crippen LogP contribution in [0.3, 0.4) is 0 Å². The van der Waals surface area contributed by atoms with E-state index in [2.05, 4.69) is 39.1 Å². The first kappa shape index (κ1) is 31.3. The zero-order valence-electron chi connectivity index (χ0n) is 25.6. The number of alkyl halides is 3. The number of aryl methyl sites for hydroxylation is 1. The van der Waals surface area contributed by atoms with Gasteiger partial charge in [0.25, 0.3) is 0 Å². The average molecular weight is 612 g/mol. The minimum Gasteiger partial charge on any atom is -0.423 e. The first-order valence-electron chi connectivity index (χ1n) is 14.2. The number of carbonyl (C=O) groups excluding carboxylic acids is 2. The topological polar surface area (TPSA) is 55.8 Å². The minimum absolute atomic E-state index is 0.00791. The van der Waals surface area contributed by atoms with Crippen LogP contribution in [0.15, 0.2) is 103 Å². The number of anilines is 3. The molecule has 0 heterocycles. The summed E-state index contributed by atoms with van der Waals surface area (Å²) in [4.78, 5) is 26.7. The molecule has 0 saturated heterocycles. The van der Waals surface area contributed by atoms with E-state index in [0.717, 1.165) is 34.4 Å². The third-order valence-corrected chi connectivity index (χ3v) is 7.84. The van der Waals surface area contributed by atoms with Crippen LogP contribution in [0.2, 0.25) is 0 Å². The van der Waals surface area contributed by atoms with E-state index >= 15 is 0 Å². The lowest BCUT2D eigenvalue weighted by atomic mass is 9.82. The molecular formula is C37H32F3NO4. The van der Waals surface area contributed by atoms with Crippen LogP contribution in [0.4, 0.5) is 30.2 Å². The predicted molar refractivity (Wildman–Crippen MR) is 169 cm³/mol. The molecule has 4 aromatic rings. The summed E-state index contributed by atoms with van der Waals surface area (Å²) in [5.41, 5.74) is 4.93. The second kappa shape index (κ2) is 11.4. The van der Waals surface area contributed by atoms with E-state index in [1.165, 1.54) is 38.1 Å². The van der Waals surface area contributed by atoms with Gasteiger partial charge >= 0.3 is 18.1 Å². The highest BCUT2D eigenvalue weighted by molar-refractivity contribution is 5.91. The van der Waals surface area contributed by atoms with Crippen LogP contribution in [-0.4, -0.2) is 11.9 Å². The maximum atomic E-state index is 14.0. The molecule has 1 aliphatic rings. The van der Waals surface area contributed by atoms with Gasteiger partial charge in [0.05, 0.1) is 11.3 Å². The lowest BCUT2D eigenvalue weighted by Crippen LogP contribution is -2.18. The molecule has 0 radical (unpaired) electrons. The molecule has 4 aromatic carbocycles. The standard InChI is InChI=1S/C37H32F3NO4/c1-21(2)34(42)44-27-17-26(18-28(20-27)45-35(43)22(3)4)41(33-16-24(37(38,39)40)13-12-23(33)5)25-14-15-30-29-10-8-9-11-31(29)36(6,7)32(30)19-25/h8-20H,1,3H2,2,4-7H3. The summed E-state index contributed by atoms with van der Waals surface area (Å²) in [7, 11) is 0. The highest BCUT2D eigenvalue weighted by Crippen LogP contribution is 2.51. The Morgan fingerprint density at radius 3 is 1.89 bits per heavy atom. The number of ether oxygens (including phenoxy) is 2. The number of hydrogen-bond donors (Lipinski definition) is 0. The van der Waals surface area contributed by atoms with E-state index in [1.807, 2.05) is 30.3 Å². The Hall–Kier alpha value is -5.11. The van der Waals surface area contributed by atoms with Crippen molar-refractivity contribution in [2.75, 3.05) is 4.90 Å². The highest BCUT2D eigenvalue weighted by atomic mass is 19.4. The Balaban J connectivity index is 1.77. The molecule has 8 heteroatoms. The third kappa shape index (κ3) is 6.00. The Morgan fingerprint density at radius 1 is 0.733 bits per heavy atom. The SMILES string of the molecule is C=C(C)C(=O)Oc1cc(OC(=O)C(=C)C)cc(N(c2ccc3c(c2)C(C)(C)c2ccccc2-3)c2cc(C(F)(F)F)ccc2C)c1. The van der Waals surface area contributed by atoms with Crippen molar-refractivity contribution in [1.29, 1.82) is 0 Å². The van der Waals surface area contributed by atoms with Crippen molar-refractivity contribution in [2.24, 2.45) is 0 Å². The van der Waals surface area contributed by atoms with Crippen molar-refractivity contribution in [3.05, 3.63) is 125 Å². The lowest BCUT2D eigenvalue weighted by Gasteiger charge is -2.30. The van der Waals surface area contributed by atoms with E-state index in [-0.39, 0.29) is 28.3 Å². The lowest BCUT2D eigenvalue weighted by molar-refractivity contribution is -0.137. The molecule has 0 N–H and O–H groups in total. The third-order valence-electron chi connectivity index (χ3n) is 7.84. The van der Waals surface area contributed by atoms with Crippen LogP contribution in [-0.2, 0) is 21.2 Å². The zero-order chi connectivity index (χ0) is 32.8. The van der Waals surface area contributed by atoms with Crippen LogP contribution >= 0.6 is 0 Å². The molecule has 1 aliphatic carbocycles. The normalized spacial score (nSPS) is 13.0. The fraction of sp³-hybridized carbons (Fsp3) is 0.189. The molecule has 0 saturated carbocycles. The van der Waals surface area contributed by atoms with Crippen molar-refractivity contribution in [3.63, 3.8) is 0 Å². The van der Waals surface area contributed by atoms with Gasteiger partial charge in [0.1, 0.15) is 11.5 Å². The number of fused-ring (bicyclic) bond motifs is 3. The van der Waals surface area contributed by atoms with Crippen LogP contribution in [0.1, 0.15) is 49.9 Å². The molecule has 0 amide bonds. The predicted octanol–water partition coefficient (Wildman–Crippen LogP) is 9.75. The van der Waals surface area contributed by atoms with Gasteiger partial charge in [-0.15, -0.1) is 0 Å². The van der Waals surface area contributed by atoms with Crippen molar-refractivity contribution in [2.45, 2.75) is 46.2 Å². The van der Waals surface area contributed by atoms with Gasteiger partial charge in [0.2, 0.25) is 0 Å². The molecule has 0 aliphatic heterocycles. The van der Waals surface area contributed by atoms with Gasteiger partial charge in [0.15, 0.2) is 0 Å². The summed E-state index contributed by atoms with van der Waals surface area (Å²) in [6.07, 6.45) is -4.60. The van der Waals surface area contributed by atoms with E-state index in [1.54, 1.807) is 11.8 Å². The van der Waals surface area contributed by atoms with Crippen molar-refractivity contribution >= 4 is 29.0 Å². The average Bonchev–Trinajstić information content (AvgIpc) is 3.19. The molecule has 5 nitrogen and oxygen atoms in total. The first-order chi connectivity index (χ1) is 21.1. The smallest absolute Gasteiger partial charge is 0.416 e. The Labute approximate surface area is 260 Å². The van der Waals surface area contributed by atoms with Gasteiger partial charge in [-0.1, -0.05) is 63.4 Å². The van der Waals surface area contributed by atoms with Gasteiger partial charge in [-0.05, 0) is 72.9 Å². The Morgan fingerprint density at radius 2 is 1.31 bits per heavy atom. The summed E-state index contributed by atoms with van der Waals surface area (Å²) in [5.74, 6) is -1.42. The number of halogens is 3. The summed E-state index contributed by atoms with van der Waals surface area (Å²) in [5, 5.41) is 0. The van der Waals surface area contributed by atoms with Crippen LogP contribution in [0.25, 0.3) is 11.1 Å². The Bertz CT molecular complexity index is 1840. The fourth-order valence-electron chi connectivity index (χ4n) is 5.48. The van der Waals surface area contributed by atoms with Crippen molar-refractivity contribution in [3.8, 4) is 22.6 Å². The van der Waals surface area contributed by atoms with Gasteiger partial charge < -0.3 is 14.4 Å². The van der Waals surface area contributed by atoms with Gasteiger partial charge in [-0.25, -0.2) is 9.59 Å². The summed E-state index contributed by atoms with van der Waals surface area (Å²) in [6, 6.07) is 21.7. The molecule has 230 valence electrons. The van der Waals surface area contributed by atoms with E-state index in [0.29, 0.717) is 16.9 Å². The number of esters is 2. The molecule has 0 unspecified atom stereocenters. The number of rotatable bonds is 7. The van der Waals surface area contributed by atoms with Gasteiger partial charge in [0, 0.05) is 46.1 Å². The quantitative estimate of drug-likeness (QED) is 0.118. The molecule has 0 spiro atoms. The highest BCUT2D eigenvalue weighted by Gasteiger charge is 2.36. The number of carbonyl (C=O) groups is 2. The summed E-state index contributed by atoms with van der Waals surface area (Å²) in [6.45, 7) is 16.1. The van der Waals surface area contributed by atoms with Crippen LogP contribution < -0.4 is 14.4 Å². The Kier molecular flexibility index (Phi) is 7.96. The van der Waals surface area contributed by atoms with Crippen LogP contribution in [0.5, 0.6) is 11.5 Å². The molecule has 5 rings (SSSR count). The fourth-order valence-corrected chi connectivity index (χ4v) is 5.48. The summed E-state index contributed by atoms with van der Waals surface area (Å²) < 4.78 is 53.1. The first-order valence-corrected chi connectivity index (χ1v) is 14.2. The van der Waals surface area contributed by atoms with Crippen molar-refractivity contribution in [1.82, 2.24) is 0 Å². The monoisotopic (exact) mass is 611 g/mol. The second-order valence-corrected chi connectivity index (χ2v) is 11.7. The zero-order valence-corrected chi connectivity index (χ0v) is 25.6. The van der Waals surface area contributed by atoms with Gasteiger partial charge in [-0.3, -0.25) is 0 Å². The maximum Gasteiger partial charge on any atom is 0.416 e.